The van der Waals surface area contributed by atoms with Crippen molar-refractivity contribution >= 4 is 11.9 Å². The molecule has 0 atom stereocenters. The molecule has 1 aliphatic heterocycles. The van der Waals surface area contributed by atoms with E-state index in [2.05, 4.69) is 11.6 Å². The van der Waals surface area contributed by atoms with Gasteiger partial charge in [-0.1, -0.05) is 12.7 Å². The normalized spacial score (nSPS) is 17.4. The molecule has 0 spiro atoms. The Bertz CT molecular complexity index is 257. The molecule has 1 amide bonds. The first kappa shape index (κ1) is 11.7. The Labute approximate surface area is 89.4 Å². The number of aliphatic imine (C=N–C) groups is 1. The number of morpholine rings is 1. The molecular weight excluding hydrogens is 196 g/mol. The second kappa shape index (κ2) is 6.19. The summed E-state index contributed by atoms with van der Waals surface area (Å²) >= 11 is 0. The average molecular weight is 212 g/mol. The van der Waals surface area contributed by atoms with E-state index >= 15 is 0 Å². The number of nitrogens with zero attached hydrogens (tertiary/aromatic N) is 2. The average Bonchev–Trinajstić information content (AvgIpc) is 2.27. The SMILES string of the molecule is C=CCOC(=O)/N=C(/C)N1CCOCC1. The van der Waals surface area contributed by atoms with Gasteiger partial charge in [0, 0.05) is 13.1 Å². The molecule has 0 aromatic carbocycles. The lowest BCUT2D eigenvalue weighted by atomic mass is 10.4. The van der Waals surface area contributed by atoms with E-state index in [0.29, 0.717) is 19.0 Å². The number of carbonyl (C=O) groups excluding carboxylic acids is 1. The Morgan fingerprint density at radius 1 is 1.60 bits per heavy atom. The third kappa shape index (κ3) is 4.12. The van der Waals surface area contributed by atoms with Crippen molar-refractivity contribution < 1.29 is 14.3 Å². The highest BCUT2D eigenvalue weighted by Crippen LogP contribution is 1.99. The summed E-state index contributed by atoms with van der Waals surface area (Å²) in [6.07, 6.45) is 0.941. The molecule has 1 heterocycles. The van der Waals surface area contributed by atoms with Crippen LogP contribution in [0.3, 0.4) is 0 Å². The minimum absolute atomic E-state index is 0.193. The van der Waals surface area contributed by atoms with E-state index in [1.54, 1.807) is 6.92 Å². The topological polar surface area (TPSA) is 51.1 Å². The zero-order chi connectivity index (χ0) is 11.1. The second-order valence-electron chi connectivity index (χ2n) is 3.12. The summed E-state index contributed by atoms with van der Waals surface area (Å²) in [7, 11) is 0. The number of ether oxygens (including phenoxy) is 2. The number of hydrogen-bond acceptors (Lipinski definition) is 3. The van der Waals surface area contributed by atoms with Crippen molar-refractivity contribution in [3.05, 3.63) is 12.7 Å². The van der Waals surface area contributed by atoms with Gasteiger partial charge in [0.05, 0.1) is 13.2 Å². The van der Waals surface area contributed by atoms with Gasteiger partial charge in [-0.15, -0.1) is 0 Å². The van der Waals surface area contributed by atoms with Crippen LogP contribution in [-0.4, -0.2) is 49.7 Å². The molecule has 0 bridgehead atoms. The fraction of sp³-hybridized carbons (Fsp3) is 0.600. The maximum absolute atomic E-state index is 11.1. The Morgan fingerprint density at radius 2 is 2.27 bits per heavy atom. The van der Waals surface area contributed by atoms with Crippen molar-refractivity contribution in [1.82, 2.24) is 4.90 Å². The third-order valence-electron chi connectivity index (χ3n) is 2.05. The third-order valence-corrected chi connectivity index (χ3v) is 2.05. The van der Waals surface area contributed by atoms with Gasteiger partial charge in [-0.05, 0) is 6.92 Å². The van der Waals surface area contributed by atoms with Gasteiger partial charge in [0.2, 0.25) is 0 Å². The fourth-order valence-electron chi connectivity index (χ4n) is 1.25. The van der Waals surface area contributed by atoms with Crippen LogP contribution in [0.25, 0.3) is 0 Å². The summed E-state index contributed by atoms with van der Waals surface area (Å²) in [5.74, 6) is 0.673. The number of hydrogen-bond donors (Lipinski definition) is 0. The Balaban J connectivity index is 2.42. The van der Waals surface area contributed by atoms with Crippen LogP contribution in [0.4, 0.5) is 4.79 Å². The van der Waals surface area contributed by atoms with Crippen LogP contribution in [0, 0.1) is 0 Å². The predicted octanol–water partition coefficient (Wildman–Crippen LogP) is 1.06. The number of amidine groups is 1. The van der Waals surface area contributed by atoms with Crippen LogP contribution in [0.5, 0.6) is 0 Å². The zero-order valence-electron chi connectivity index (χ0n) is 8.94. The van der Waals surface area contributed by atoms with E-state index in [9.17, 15) is 4.79 Å². The molecule has 0 N–H and O–H groups in total. The molecule has 5 heteroatoms. The summed E-state index contributed by atoms with van der Waals surface area (Å²) in [4.78, 5) is 17.0. The van der Waals surface area contributed by atoms with E-state index < -0.39 is 6.09 Å². The van der Waals surface area contributed by atoms with Crippen LogP contribution in [0.1, 0.15) is 6.92 Å². The summed E-state index contributed by atoms with van der Waals surface area (Å²) in [6, 6.07) is 0. The standard InChI is InChI=1S/C10H16N2O3/c1-3-6-15-10(13)11-9(2)12-4-7-14-8-5-12/h3H,1,4-8H2,2H3/b11-9-. The van der Waals surface area contributed by atoms with Gasteiger partial charge in [0.15, 0.2) is 0 Å². The van der Waals surface area contributed by atoms with E-state index in [1.165, 1.54) is 6.08 Å². The van der Waals surface area contributed by atoms with Crippen LogP contribution in [-0.2, 0) is 9.47 Å². The summed E-state index contributed by atoms with van der Waals surface area (Å²) < 4.78 is 9.94. The van der Waals surface area contributed by atoms with Crippen molar-refractivity contribution in [2.75, 3.05) is 32.9 Å². The molecule has 0 unspecified atom stereocenters. The summed E-state index contributed by atoms with van der Waals surface area (Å²) in [5.41, 5.74) is 0. The molecule has 0 aromatic heterocycles. The van der Waals surface area contributed by atoms with Gasteiger partial charge in [-0.25, -0.2) is 4.79 Å². The van der Waals surface area contributed by atoms with Gasteiger partial charge >= 0.3 is 6.09 Å². The second-order valence-corrected chi connectivity index (χ2v) is 3.12. The highest BCUT2D eigenvalue weighted by atomic mass is 16.5. The van der Waals surface area contributed by atoms with Gasteiger partial charge in [0.1, 0.15) is 12.4 Å². The lowest BCUT2D eigenvalue weighted by Gasteiger charge is -2.27. The molecule has 1 aliphatic rings. The van der Waals surface area contributed by atoms with E-state index in [4.69, 9.17) is 9.47 Å². The van der Waals surface area contributed by atoms with Gasteiger partial charge < -0.3 is 14.4 Å². The zero-order valence-corrected chi connectivity index (χ0v) is 8.94. The van der Waals surface area contributed by atoms with E-state index in [-0.39, 0.29) is 6.61 Å². The van der Waals surface area contributed by atoms with Crippen LogP contribution in [0.15, 0.2) is 17.6 Å². The molecule has 0 radical (unpaired) electrons. The van der Waals surface area contributed by atoms with E-state index in [0.717, 1.165) is 13.1 Å². The van der Waals surface area contributed by atoms with Crippen molar-refractivity contribution in [3.8, 4) is 0 Å². The number of carbonyl (C=O) groups is 1. The quantitative estimate of drug-likeness (QED) is 0.390. The Morgan fingerprint density at radius 3 is 2.87 bits per heavy atom. The summed E-state index contributed by atoms with van der Waals surface area (Å²) in [5, 5.41) is 0. The van der Waals surface area contributed by atoms with Crippen molar-refractivity contribution in [2.24, 2.45) is 4.99 Å². The first-order valence-corrected chi connectivity index (χ1v) is 4.89. The lowest BCUT2D eigenvalue weighted by Crippen LogP contribution is -2.39. The van der Waals surface area contributed by atoms with E-state index in [1.807, 2.05) is 4.90 Å². The lowest BCUT2D eigenvalue weighted by molar-refractivity contribution is 0.0676. The predicted molar refractivity (Wildman–Crippen MR) is 57.0 cm³/mol. The largest absolute Gasteiger partial charge is 0.444 e. The molecule has 0 aromatic rings. The molecule has 5 nitrogen and oxygen atoms in total. The molecule has 0 aliphatic carbocycles. The molecule has 84 valence electrons. The highest BCUT2D eigenvalue weighted by Gasteiger charge is 2.12. The van der Waals surface area contributed by atoms with Crippen molar-refractivity contribution in [2.45, 2.75) is 6.92 Å². The van der Waals surface area contributed by atoms with Crippen LogP contribution < -0.4 is 0 Å². The Kier molecular flexibility index (Phi) is 4.83. The Hall–Kier alpha value is -1.36. The first-order chi connectivity index (χ1) is 7.24. The summed E-state index contributed by atoms with van der Waals surface area (Å²) in [6.45, 7) is 8.32. The smallest absolute Gasteiger partial charge is 0.435 e. The first-order valence-electron chi connectivity index (χ1n) is 4.89. The molecular formula is C10H16N2O3. The molecule has 1 saturated heterocycles. The van der Waals surface area contributed by atoms with Gasteiger partial charge in [0.25, 0.3) is 0 Å². The number of rotatable bonds is 2. The monoisotopic (exact) mass is 212 g/mol. The van der Waals surface area contributed by atoms with Gasteiger partial charge in [-0.2, -0.15) is 4.99 Å². The van der Waals surface area contributed by atoms with Crippen LogP contribution in [0.2, 0.25) is 0 Å². The minimum atomic E-state index is -0.570. The molecule has 0 saturated carbocycles. The fourth-order valence-corrected chi connectivity index (χ4v) is 1.25. The minimum Gasteiger partial charge on any atom is -0.444 e. The molecule has 1 fully saturated rings. The highest BCUT2D eigenvalue weighted by molar-refractivity contribution is 5.90. The van der Waals surface area contributed by atoms with Crippen LogP contribution >= 0.6 is 0 Å². The molecule has 15 heavy (non-hydrogen) atoms. The van der Waals surface area contributed by atoms with Crippen molar-refractivity contribution in [1.29, 1.82) is 0 Å². The maximum atomic E-state index is 11.1. The van der Waals surface area contributed by atoms with Gasteiger partial charge in [-0.3, -0.25) is 0 Å². The number of amides is 1. The maximum Gasteiger partial charge on any atom is 0.435 e. The van der Waals surface area contributed by atoms with Crippen molar-refractivity contribution in [3.63, 3.8) is 0 Å². The molecule has 1 rings (SSSR count).